The zero-order valence-electron chi connectivity index (χ0n) is 11.5. The molecule has 1 N–H and O–H groups in total. The third-order valence-corrected chi connectivity index (χ3v) is 2.70. The van der Waals surface area contributed by atoms with Gasteiger partial charge in [-0.2, -0.15) is 18.3 Å². The molecule has 21 heavy (non-hydrogen) atoms. The average molecular weight is 297 g/mol. The van der Waals surface area contributed by atoms with Gasteiger partial charge in [0.15, 0.2) is 5.69 Å². The molecule has 0 spiro atoms. The lowest BCUT2D eigenvalue weighted by Gasteiger charge is -2.13. The van der Waals surface area contributed by atoms with Gasteiger partial charge in [-0.15, -0.1) is 0 Å². The van der Waals surface area contributed by atoms with E-state index < -0.39 is 23.3 Å². The number of hydrogen-bond acceptors (Lipinski definition) is 2. The van der Waals surface area contributed by atoms with Crippen molar-refractivity contribution < 1.29 is 18.0 Å². The Bertz CT molecular complexity index is 633. The number of para-hydroxylation sites is 1. The highest BCUT2D eigenvalue weighted by Crippen LogP contribution is 2.33. The van der Waals surface area contributed by atoms with Gasteiger partial charge in [0, 0.05) is 6.04 Å². The van der Waals surface area contributed by atoms with Gasteiger partial charge >= 0.3 is 6.18 Å². The summed E-state index contributed by atoms with van der Waals surface area (Å²) in [6.45, 7) is 3.35. The Kier molecular flexibility index (Phi) is 4.02. The highest BCUT2D eigenvalue weighted by atomic mass is 19.4. The third kappa shape index (κ3) is 3.24. The van der Waals surface area contributed by atoms with Crippen molar-refractivity contribution in [2.45, 2.75) is 26.1 Å². The highest BCUT2D eigenvalue weighted by molar-refractivity contribution is 5.95. The summed E-state index contributed by atoms with van der Waals surface area (Å²) in [5, 5.41) is 6.16. The highest BCUT2D eigenvalue weighted by Gasteiger charge is 2.40. The molecule has 1 heterocycles. The minimum absolute atomic E-state index is 0.244. The van der Waals surface area contributed by atoms with Crippen molar-refractivity contribution in [3.8, 4) is 5.69 Å². The predicted molar refractivity (Wildman–Crippen MR) is 71.2 cm³/mol. The van der Waals surface area contributed by atoms with Crippen LogP contribution in [-0.2, 0) is 6.18 Å². The van der Waals surface area contributed by atoms with Crippen molar-refractivity contribution in [1.29, 1.82) is 0 Å². The molecule has 0 fully saturated rings. The fraction of sp³-hybridized carbons (Fsp3) is 0.286. The van der Waals surface area contributed by atoms with Crippen LogP contribution in [0.4, 0.5) is 13.2 Å². The normalized spacial score (nSPS) is 11.7. The van der Waals surface area contributed by atoms with Crippen LogP contribution in [0.1, 0.15) is 29.9 Å². The predicted octanol–water partition coefficient (Wildman–Crippen LogP) is 3.03. The van der Waals surface area contributed by atoms with E-state index in [9.17, 15) is 18.0 Å². The minimum atomic E-state index is -4.68. The summed E-state index contributed by atoms with van der Waals surface area (Å²) >= 11 is 0. The summed E-state index contributed by atoms with van der Waals surface area (Å²) in [4.78, 5) is 11.9. The van der Waals surface area contributed by atoms with E-state index in [1.54, 1.807) is 32.0 Å². The number of alkyl halides is 3. The molecule has 0 bridgehead atoms. The van der Waals surface area contributed by atoms with E-state index in [1.165, 1.54) is 12.1 Å². The number of halogens is 3. The zero-order valence-corrected chi connectivity index (χ0v) is 11.5. The first-order valence-electron chi connectivity index (χ1n) is 6.32. The van der Waals surface area contributed by atoms with E-state index in [0.29, 0.717) is 0 Å². The van der Waals surface area contributed by atoms with Gasteiger partial charge in [0.05, 0.1) is 17.4 Å². The Morgan fingerprint density at radius 3 is 2.38 bits per heavy atom. The van der Waals surface area contributed by atoms with Crippen molar-refractivity contribution >= 4 is 5.91 Å². The van der Waals surface area contributed by atoms with Gasteiger partial charge in [-0.1, -0.05) is 18.2 Å². The van der Waals surface area contributed by atoms with E-state index >= 15 is 0 Å². The van der Waals surface area contributed by atoms with E-state index in [0.717, 1.165) is 10.9 Å². The number of rotatable bonds is 3. The quantitative estimate of drug-likeness (QED) is 0.946. The molecule has 0 radical (unpaired) electrons. The molecule has 112 valence electrons. The topological polar surface area (TPSA) is 46.9 Å². The lowest BCUT2D eigenvalue weighted by Crippen LogP contribution is -2.31. The number of nitrogens with one attached hydrogen (secondary N) is 1. The van der Waals surface area contributed by atoms with E-state index in [1.807, 2.05) is 0 Å². The standard InChI is InChI=1S/C14H14F3N3O/c1-9(2)19-13(21)11-8-18-20(12(11)14(15,16)17)10-6-4-3-5-7-10/h3-9H,1-2H3,(H,19,21). The van der Waals surface area contributed by atoms with Crippen LogP contribution < -0.4 is 5.32 Å². The molecule has 2 aromatic rings. The Morgan fingerprint density at radius 1 is 1.24 bits per heavy atom. The molecule has 1 aromatic carbocycles. The van der Waals surface area contributed by atoms with Crippen LogP contribution in [0.3, 0.4) is 0 Å². The lowest BCUT2D eigenvalue weighted by molar-refractivity contribution is -0.143. The van der Waals surface area contributed by atoms with Crippen LogP contribution in [0.25, 0.3) is 5.69 Å². The maximum Gasteiger partial charge on any atom is 0.434 e. The van der Waals surface area contributed by atoms with Crippen LogP contribution >= 0.6 is 0 Å². The van der Waals surface area contributed by atoms with Gasteiger partial charge in [-0.25, -0.2) is 4.68 Å². The molecular formula is C14H14F3N3O. The van der Waals surface area contributed by atoms with Crippen LogP contribution in [0.5, 0.6) is 0 Å². The van der Waals surface area contributed by atoms with Crippen LogP contribution in [0, 0.1) is 0 Å². The SMILES string of the molecule is CC(C)NC(=O)c1cnn(-c2ccccc2)c1C(F)(F)F. The number of aromatic nitrogens is 2. The van der Waals surface area contributed by atoms with Gasteiger partial charge < -0.3 is 5.32 Å². The first kappa shape index (κ1) is 15.1. The average Bonchev–Trinajstić information content (AvgIpc) is 2.83. The lowest BCUT2D eigenvalue weighted by atomic mass is 10.2. The molecule has 0 aliphatic carbocycles. The summed E-state index contributed by atoms with van der Waals surface area (Å²) in [7, 11) is 0. The van der Waals surface area contributed by atoms with Gasteiger partial charge in [0.2, 0.25) is 0 Å². The maximum absolute atomic E-state index is 13.3. The Balaban J connectivity index is 2.54. The Morgan fingerprint density at radius 2 is 1.86 bits per heavy atom. The molecule has 2 rings (SSSR count). The summed E-state index contributed by atoms with van der Waals surface area (Å²) in [5.74, 6) is -0.792. The molecule has 1 amide bonds. The van der Waals surface area contributed by atoms with Crippen molar-refractivity contribution in [3.63, 3.8) is 0 Å². The molecule has 0 aliphatic rings. The van der Waals surface area contributed by atoms with Crippen LogP contribution in [0.2, 0.25) is 0 Å². The Labute approximate surface area is 119 Å². The maximum atomic E-state index is 13.3. The molecule has 0 saturated heterocycles. The summed E-state index contributed by atoms with van der Waals surface area (Å²) < 4.78 is 40.6. The number of amides is 1. The molecule has 0 saturated carbocycles. The summed E-state index contributed by atoms with van der Waals surface area (Å²) in [5.41, 5.74) is -1.32. The third-order valence-electron chi connectivity index (χ3n) is 2.70. The van der Waals surface area contributed by atoms with E-state index in [4.69, 9.17) is 0 Å². The molecule has 4 nitrogen and oxygen atoms in total. The minimum Gasteiger partial charge on any atom is -0.350 e. The van der Waals surface area contributed by atoms with Gasteiger partial charge in [0.25, 0.3) is 5.91 Å². The van der Waals surface area contributed by atoms with Crippen molar-refractivity contribution in [3.05, 3.63) is 47.8 Å². The van der Waals surface area contributed by atoms with Crippen molar-refractivity contribution in [1.82, 2.24) is 15.1 Å². The smallest absolute Gasteiger partial charge is 0.350 e. The summed E-state index contributed by atoms with van der Waals surface area (Å²) in [6.07, 6.45) is -3.75. The molecular weight excluding hydrogens is 283 g/mol. The van der Waals surface area contributed by atoms with Crippen molar-refractivity contribution in [2.75, 3.05) is 0 Å². The van der Waals surface area contributed by atoms with Crippen LogP contribution in [-0.4, -0.2) is 21.7 Å². The zero-order chi connectivity index (χ0) is 15.6. The largest absolute Gasteiger partial charge is 0.434 e. The van der Waals surface area contributed by atoms with E-state index in [2.05, 4.69) is 10.4 Å². The Hall–Kier alpha value is -2.31. The summed E-state index contributed by atoms with van der Waals surface area (Å²) in [6, 6.07) is 7.61. The van der Waals surface area contributed by atoms with Crippen LogP contribution in [0.15, 0.2) is 36.5 Å². The number of carbonyl (C=O) groups excluding carboxylic acids is 1. The molecule has 7 heteroatoms. The monoisotopic (exact) mass is 297 g/mol. The molecule has 0 atom stereocenters. The second kappa shape index (κ2) is 5.59. The number of nitrogens with zero attached hydrogens (tertiary/aromatic N) is 2. The number of hydrogen-bond donors (Lipinski definition) is 1. The first-order valence-corrected chi connectivity index (χ1v) is 6.32. The molecule has 0 unspecified atom stereocenters. The van der Waals surface area contributed by atoms with E-state index in [-0.39, 0.29) is 11.7 Å². The van der Waals surface area contributed by atoms with Gasteiger partial charge in [-0.05, 0) is 26.0 Å². The number of carbonyl (C=O) groups is 1. The second-order valence-corrected chi connectivity index (χ2v) is 4.78. The molecule has 0 aliphatic heterocycles. The van der Waals surface area contributed by atoms with Gasteiger partial charge in [-0.3, -0.25) is 4.79 Å². The van der Waals surface area contributed by atoms with Crippen molar-refractivity contribution in [2.24, 2.45) is 0 Å². The fourth-order valence-corrected chi connectivity index (χ4v) is 1.89. The first-order chi connectivity index (χ1) is 9.80. The number of benzene rings is 1. The molecule has 1 aromatic heterocycles. The van der Waals surface area contributed by atoms with Gasteiger partial charge in [0.1, 0.15) is 0 Å². The second-order valence-electron chi connectivity index (χ2n) is 4.78. The fourth-order valence-electron chi connectivity index (χ4n) is 1.89.